The number of rotatable bonds is 3. The van der Waals surface area contributed by atoms with Crippen molar-refractivity contribution < 1.29 is 0 Å². The lowest BCUT2D eigenvalue weighted by Gasteiger charge is -2.46. The molecule has 2 nitrogen and oxygen atoms in total. The van der Waals surface area contributed by atoms with E-state index in [1.54, 1.807) is 0 Å². The van der Waals surface area contributed by atoms with Crippen molar-refractivity contribution in [2.75, 3.05) is 6.54 Å². The average Bonchev–Trinajstić information content (AvgIpc) is 2.18. The van der Waals surface area contributed by atoms with Crippen LogP contribution in [0, 0.1) is 0 Å². The fraction of sp³-hybridized carbons (Fsp3) is 1.00. The van der Waals surface area contributed by atoms with Crippen LogP contribution in [0.4, 0.5) is 0 Å². The molecule has 2 fully saturated rings. The SMILES string of the molecule is CCN(C1CCCCC1)C1CC(N)C1. The Morgan fingerprint density at radius 3 is 2.21 bits per heavy atom. The van der Waals surface area contributed by atoms with Crippen molar-refractivity contribution in [1.29, 1.82) is 0 Å². The van der Waals surface area contributed by atoms with Crippen molar-refractivity contribution >= 4 is 0 Å². The van der Waals surface area contributed by atoms with Gasteiger partial charge in [-0.2, -0.15) is 0 Å². The molecule has 0 amide bonds. The van der Waals surface area contributed by atoms with E-state index >= 15 is 0 Å². The molecule has 2 aliphatic carbocycles. The summed E-state index contributed by atoms with van der Waals surface area (Å²) in [5.41, 5.74) is 5.86. The summed E-state index contributed by atoms with van der Waals surface area (Å²) in [6.45, 7) is 3.53. The fourth-order valence-electron chi connectivity index (χ4n) is 3.13. The highest BCUT2D eigenvalue weighted by atomic mass is 15.2. The first kappa shape index (κ1) is 10.4. The maximum atomic E-state index is 5.86. The van der Waals surface area contributed by atoms with Gasteiger partial charge in [0.2, 0.25) is 0 Å². The highest BCUT2D eigenvalue weighted by Gasteiger charge is 2.34. The van der Waals surface area contributed by atoms with E-state index in [1.165, 1.54) is 51.5 Å². The van der Waals surface area contributed by atoms with Crippen LogP contribution in [-0.2, 0) is 0 Å². The number of hydrogen-bond acceptors (Lipinski definition) is 2. The van der Waals surface area contributed by atoms with Gasteiger partial charge in [-0.05, 0) is 32.2 Å². The van der Waals surface area contributed by atoms with Gasteiger partial charge in [0.05, 0.1) is 0 Å². The van der Waals surface area contributed by atoms with Gasteiger partial charge in [0.15, 0.2) is 0 Å². The largest absolute Gasteiger partial charge is 0.328 e. The van der Waals surface area contributed by atoms with E-state index in [-0.39, 0.29) is 0 Å². The van der Waals surface area contributed by atoms with Crippen molar-refractivity contribution in [3.63, 3.8) is 0 Å². The Balaban J connectivity index is 1.85. The molecular weight excluding hydrogens is 172 g/mol. The van der Waals surface area contributed by atoms with E-state index < -0.39 is 0 Å². The lowest BCUT2D eigenvalue weighted by Crippen LogP contribution is -2.54. The Bertz CT molecular complexity index is 169. The molecule has 0 aliphatic heterocycles. The van der Waals surface area contributed by atoms with Crippen LogP contribution in [-0.4, -0.2) is 29.6 Å². The summed E-state index contributed by atoms with van der Waals surface area (Å²) in [4.78, 5) is 2.72. The van der Waals surface area contributed by atoms with Crippen molar-refractivity contribution in [3.05, 3.63) is 0 Å². The monoisotopic (exact) mass is 196 g/mol. The summed E-state index contributed by atoms with van der Waals surface area (Å²) in [6, 6.07) is 2.20. The third-order valence-corrected chi connectivity index (χ3v) is 4.03. The zero-order valence-corrected chi connectivity index (χ0v) is 9.41. The molecule has 0 atom stereocenters. The molecule has 0 spiro atoms. The second-order valence-electron chi connectivity index (χ2n) is 5.01. The molecule has 0 unspecified atom stereocenters. The van der Waals surface area contributed by atoms with E-state index in [0.717, 1.165) is 12.1 Å². The van der Waals surface area contributed by atoms with Crippen LogP contribution in [0.15, 0.2) is 0 Å². The smallest absolute Gasteiger partial charge is 0.0127 e. The van der Waals surface area contributed by atoms with Gasteiger partial charge >= 0.3 is 0 Å². The second-order valence-corrected chi connectivity index (χ2v) is 5.01. The first-order valence-electron chi connectivity index (χ1n) is 6.32. The maximum Gasteiger partial charge on any atom is 0.0127 e. The van der Waals surface area contributed by atoms with Crippen LogP contribution in [0.2, 0.25) is 0 Å². The van der Waals surface area contributed by atoms with Gasteiger partial charge in [-0.3, -0.25) is 4.90 Å². The van der Waals surface area contributed by atoms with Crippen LogP contribution >= 0.6 is 0 Å². The molecule has 0 radical (unpaired) electrons. The fourth-order valence-corrected chi connectivity index (χ4v) is 3.13. The first-order chi connectivity index (χ1) is 6.81. The van der Waals surface area contributed by atoms with Crippen molar-refractivity contribution in [1.82, 2.24) is 4.90 Å². The van der Waals surface area contributed by atoms with Gasteiger partial charge in [-0.1, -0.05) is 26.2 Å². The molecule has 2 heteroatoms. The predicted octanol–water partition coefficient (Wildman–Crippen LogP) is 2.13. The Labute approximate surface area is 87.8 Å². The van der Waals surface area contributed by atoms with E-state index in [4.69, 9.17) is 5.73 Å². The highest BCUT2D eigenvalue weighted by molar-refractivity contribution is 4.92. The maximum absolute atomic E-state index is 5.86. The lowest BCUT2D eigenvalue weighted by molar-refractivity contribution is 0.0546. The minimum absolute atomic E-state index is 0.498. The Kier molecular flexibility index (Phi) is 3.45. The van der Waals surface area contributed by atoms with Gasteiger partial charge in [-0.15, -0.1) is 0 Å². The third kappa shape index (κ3) is 2.12. The van der Waals surface area contributed by atoms with Gasteiger partial charge in [0.25, 0.3) is 0 Å². The molecule has 0 aromatic carbocycles. The zero-order valence-electron chi connectivity index (χ0n) is 9.41. The van der Waals surface area contributed by atoms with Crippen molar-refractivity contribution in [3.8, 4) is 0 Å². The molecule has 2 aliphatic rings. The molecule has 0 heterocycles. The van der Waals surface area contributed by atoms with Crippen molar-refractivity contribution in [2.45, 2.75) is 70.0 Å². The summed E-state index contributed by atoms with van der Waals surface area (Å²) in [5.74, 6) is 0. The highest BCUT2D eigenvalue weighted by Crippen LogP contribution is 2.30. The molecule has 2 N–H and O–H groups in total. The normalized spacial score (nSPS) is 34.5. The summed E-state index contributed by atoms with van der Waals surface area (Å²) >= 11 is 0. The number of nitrogens with two attached hydrogens (primary N) is 1. The summed E-state index contributed by atoms with van der Waals surface area (Å²) in [7, 11) is 0. The van der Waals surface area contributed by atoms with E-state index in [1.807, 2.05) is 0 Å². The van der Waals surface area contributed by atoms with Crippen LogP contribution in [0.3, 0.4) is 0 Å². The molecule has 0 bridgehead atoms. The molecule has 2 saturated carbocycles. The summed E-state index contributed by atoms with van der Waals surface area (Å²) < 4.78 is 0. The zero-order chi connectivity index (χ0) is 9.97. The first-order valence-corrected chi connectivity index (χ1v) is 6.32. The van der Waals surface area contributed by atoms with Gasteiger partial charge in [0, 0.05) is 18.1 Å². The predicted molar refractivity (Wildman–Crippen MR) is 60.3 cm³/mol. The quantitative estimate of drug-likeness (QED) is 0.749. The molecule has 0 aromatic rings. The molecule has 0 saturated heterocycles. The lowest BCUT2D eigenvalue weighted by atomic mass is 9.83. The molecule has 14 heavy (non-hydrogen) atoms. The van der Waals surface area contributed by atoms with E-state index in [2.05, 4.69) is 11.8 Å². The molecular formula is C12H24N2. The number of hydrogen-bond donors (Lipinski definition) is 1. The van der Waals surface area contributed by atoms with E-state index in [9.17, 15) is 0 Å². The van der Waals surface area contributed by atoms with Gasteiger partial charge < -0.3 is 5.73 Å². The van der Waals surface area contributed by atoms with Gasteiger partial charge in [-0.25, -0.2) is 0 Å². The second kappa shape index (κ2) is 4.63. The Morgan fingerprint density at radius 1 is 1.07 bits per heavy atom. The minimum atomic E-state index is 0.498. The molecule has 2 rings (SSSR count). The van der Waals surface area contributed by atoms with Gasteiger partial charge in [0.1, 0.15) is 0 Å². The van der Waals surface area contributed by atoms with E-state index in [0.29, 0.717) is 6.04 Å². The standard InChI is InChI=1S/C12H24N2/c1-2-14(12-8-10(13)9-12)11-6-4-3-5-7-11/h10-12H,2-9,13H2,1H3. The third-order valence-electron chi connectivity index (χ3n) is 4.03. The number of nitrogens with zero attached hydrogens (tertiary/aromatic N) is 1. The summed E-state index contributed by atoms with van der Waals surface area (Å²) in [6.07, 6.45) is 9.69. The van der Waals surface area contributed by atoms with Crippen molar-refractivity contribution in [2.24, 2.45) is 5.73 Å². The molecule has 82 valence electrons. The van der Waals surface area contributed by atoms with Crippen LogP contribution in [0.1, 0.15) is 51.9 Å². The Morgan fingerprint density at radius 2 is 1.71 bits per heavy atom. The van der Waals surface area contributed by atoms with Crippen LogP contribution in [0.5, 0.6) is 0 Å². The Hall–Kier alpha value is -0.0800. The average molecular weight is 196 g/mol. The van der Waals surface area contributed by atoms with Crippen LogP contribution < -0.4 is 5.73 Å². The summed E-state index contributed by atoms with van der Waals surface area (Å²) in [5, 5.41) is 0. The molecule has 0 aromatic heterocycles. The topological polar surface area (TPSA) is 29.3 Å². The van der Waals surface area contributed by atoms with Crippen LogP contribution in [0.25, 0.3) is 0 Å². The minimum Gasteiger partial charge on any atom is -0.328 e.